The lowest BCUT2D eigenvalue weighted by Gasteiger charge is -1.95. The zero-order valence-corrected chi connectivity index (χ0v) is 15.1. The van der Waals surface area contributed by atoms with Crippen LogP contribution in [0.3, 0.4) is 0 Å². The molecular weight excluding hydrogens is 371 g/mol. The number of carbonyl (C=O) groups excluding carboxylic acids is 2. The molecule has 2 aromatic carbocycles. The number of azo groups is 1. The summed E-state index contributed by atoms with van der Waals surface area (Å²) in [4.78, 5) is 20.9. The highest BCUT2D eigenvalue weighted by atomic mass is 35.5. The first-order valence-electron chi connectivity index (χ1n) is 7.04. The Labute approximate surface area is 155 Å². The van der Waals surface area contributed by atoms with Crippen LogP contribution in [-0.2, 0) is 4.79 Å². The van der Waals surface area contributed by atoms with E-state index in [-0.39, 0.29) is 0 Å². The molecule has 0 aliphatic carbocycles. The molecule has 4 nitrogen and oxygen atoms in total. The van der Waals surface area contributed by atoms with Crippen molar-refractivity contribution < 1.29 is 9.59 Å². The fraction of sp³-hybridized carbons (Fsp3) is 0.176. The maximum absolute atomic E-state index is 10.8. The van der Waals surface area contributed by atoms with E-state index in [4.69, 9.17) is 34.8 Å². The van der Waals surface area contributed by atoms with Gasteiger partial charge >= 0.3 is 0 Å². The second kappa shape index (κ2) is 10.9. The quantitative estimate of drug-likeness (QED) is 0.347. The van der Waals surface area contributed by atoms with Crippen molar-refractivity contribution >= 4 is 56.7 Å². The minimum Gasteiger partial charge on any atom is -0.280 e. The first-order valence-corrected chi connectivity index (χ1v) is 8.23. The standard InChI is InChI=1S/C13H9ClN2O.C4H6Cl2O/c14-13(17)10-6-8-12(9-7-10)16-15-11-4-2-1-3-5-11;1-2-3(5)4(6)7/h1-9H;3H,2H2,1H3. The predicted octanol–water partition coefficient (Wildman–Crippen LogP) is 6.25. The maximum Gasteiger partial charge on any atom is 0.252 e. The van der Waals surface area contributed by atoms with Gasteiger partial charge in [-0.1, -0.05) is 25.1 Å². The molecule has 0 amide bonds. The van der Waals surface area contributed by atoms with Crippen molar-refractivity contribution in [1.29, 1.82) is 0 Å². The zero-order chi connectivity index (χ0) is 17.9. The van der Waals surface area contributed by atoms with Gasteiger partial charge in [0.05, 0.1) is 11.4 Å². The zero-order valence-electron chi connectivity index (χ0n) is 12.8. The van der Waals surface area contributed by atoms with Gasteiger partial charge in [-0.3, -0.25) is 9.59 Å². The molecule has 0 saturated heterocycles. The van der Waals surface area contributed by atoms with Crippen LogP contribution in [0.1, 0.15) is 23.7 Å². The van der Waals surface area contributed by atoms with Gasteiger partial charge in [0.15, 0.2) is 0 Å². The smallest absolute Gasteiger partial charge is 0.252 e. The molecule has 0 spiro atoms. The molecule has 0 heterocycles. The third-order valence-electron chi connectivity index (χ3n) is 2.74. The first-order chi connectivity index (χ1) is 11.4. The Morgan fingerprint density at radius 3 is 1.79 bits per heavy atom. The molecule has 2 rings (SSSR count). The van der Waals surface area contributed by atoms with Gasteiger partial charge in [0.25, 0.3) is 5.24 Å². The van der Waals surface area contributed by atoms with E-state index in [0.717, 1.165) is 5.69 Å². The van der Waals surface area contributed by atoms with Crippen LogP contribution in [0.4, 0.5) is 11.4 Å². The topological polar surface area (TPSA) is 58.9 Å². The lowest BCUT2D eigenvalue weighted by molar-refractivity contribution is -0.111. The molecule has 0 aromatic heterocycles. The molecule has 0 saturated carbocycles. The number of halogens is 3. The van der Waals surface area contributed by atoms with Crippen LogP contribution < -0.4 is 0 Å². The van der Waals surface area contributed by atoms with E-state index >= 15 is 0 Å². The highest BCUT2D eigenvalue weighted by Crippen LogP contribution is 2.18. The molecule has 0 aliphatic rings. The second-order valence-corrected chi connectivity index (χ2v) is 5.78. The van der Waals surface area contributed by atoms with Crippen molar-refractivity contribution in [2.75, 3.05) is 0 Å². The molecule has 0 radical (unpaired) electrons. The van der Waals surface area contributed by atoms with Crippen LogP contribution >= 0.6 is 34.8 Å². The molecule has 0 N–H and O–H groups in total. The predicted molar refractivity (Wildman–Crippen MR) is 98.0 cm³/mol. The van der Waals surface area contributed by atoms with E-state index in [1.54, 1.807) is 31.2 Å². The van der Waals surface area contributed by atoms with E-state index in [9.17, 15) is 9.59 Å². The second-order valence-electron chi connectivity index (χ2n) is 4.54. The number of hydrogen-bond donors (Lipinski definition) is 0. The van der Waals surface area contributed by atoms with Gasteiger partial charge in [-0.25, -0.2) is 0 Å². The average molecular weight is 386 g/mol. The summed E-state index contributed by atoms with van der Waals surface area (Å²) in [5, 5.41) is 6.66. The van der Waals surface area contributed by atoms with Crippen LogP contribution in [0.25, 0.3) is 0 Å². The Morgan fingerprint density at radius 1 is 0.917 bits per heavy atom. The largest absolute Gasteiger partial charge is 0.280 e. The summed E-state index contributed by atoms with van der Waals surface area (Å²) in [6.07, 6.45) is 0.601. The molecule has 7 heteroatoms. The van der Waals surface area contributed by atoms with Crippen molar-refractivity contribution in [3.63, 3.8) is 0 Å². The summed E-state index contributed by atoms with van der Waals surface area (Å²) in [5.74, 6) is 0. The normalized spacial score (nSPS) is 11.5. The van der Waals surface area contributed by atoms with Gasteiger partial charge in [-0.15, -0.1) is 11.6 Å². The Hall–Kier alpha value is -1.75. The number of hydrogen-bond acceptors (Lipinski definition) is 4. The molecular formula is C17H15Cl3N2O2. The number of nitrogens with zero attached hydrogens (tertiary/aromatic N) is 2. The van der Waals surface area contributed by atoms with E-state index < -0.39 is 15.9 Å². The van der Waals surface area contributed by atoms with E-state index in [2.05, 4.69) is 10.2 Å². The van der Waals surface area contributed by atoms with Crippen LogP contribution in [0.2, 0.25) is 0 Å². The highest BCUT2D eigenvalue weighted by molar-refractivity contribution is 6.69. The first kappa shape index (κ1) is 20.3. The molecule has 126 valence electrons. The van der Waals surface area contributed by atoms with Crippen LogP contribution in [0.15, 0.2) is 64.8 Å². The van der Waals surface area contributed by atoms with Crippen molar-refractivity contribution in [3.05, 3.63) is 60.2 Å². The summed E-state index contributed by atoms with van der Waals surface area (Å²) in [5.41, 5.74) is 1.91. The summed E-state index contributed by atoms with van der Waals surface area (Å²) in [7, 11) is 0. The Balaban J connectivity index is 0.000000351. The van der Waals surface area contributed by atoms with Crippen molar-refractivity contribution in [3.8, 4) is 0 Å². The fourth-order valence-electron chi connectivity index (χ4n) is 1.43. The molecule has 1 unspecified atom stereocenters. The molecule has 1 atom stereocenters. The molecule has 2 aromatic rings. The van der Waals surface area contributed by atoms with Gasteiger partial charge in [0.2, 0.25) is 5.24 Å². The van der Waals surface area contributed by atoms with Crippen LogP contribution in [0, 0.1) is 0 Å². The van der Waals surface area contributed by atoms with Gasteiger partial charge in [-0.2, -0.15) is 10.2 Å². The monoisotopic (exact) mass is 384 g/mol. The van der Waals surface area contributed by atoms with Gasteiger partial charge in [0, 0.05) is 5.56 Å². The van der Waals surface area contributed by atoms with Gasteiger partial charge < -0.3 is 0 Å². The van der Waals surface area contributed by atoms with Crippen molar-refractivity contribution in [2.45, 2.75) is 18.7 Å². The third kappa shape index (κ3) is 7.68. The summed E-state index contributed by atoms with van der Waals surface area (Å²) >= 11 is 15.6. The lowest BCUT2D eigenvalue weighted by Crippen LogP contribution is -2.04. The number of rotatable bonds is 5. The summed E-state index contributed by atoms with van der Waals surface area (Å²) in [6, 6.07) is 16.1. The summed E-state index contributed by atoms with van der Waals surface area (Å²) in [6.45, 7) is 1.80. The highest BCUT2D eigenvalue weighted by Gasteiger charge is 2.07. The molecule has 0 aliphatic heterocycles. The Morgan fingerprint density at radius 2 is 1.42 bits per heavy atom. The number of carbonyl (C=O) groups is 2. The molecule has 0 fully saturated rings. The lowest BCUT2D eigenvalue weighted by atomic mass is 10.2. The van der Waals surface area contributed by atoms with Gasteiger partial charge in [0.1, 0.15) is 5.38 Å². The molecule has 24 heavy (non-hydrogen) atoms. The van der Waals surface area contributed by atoms with Gasteiger partial charge in [-0.05, 0) is 66.0 Å². The SMILES string of the molecule is CCC(Cl)C(=O)Cl.O=C(Cl)c1ccc(N=Nc2ccccc2)cc1. The van der Waals surface area contributed by atoms with E-state index in [1.807, 2.05) is 30.3 Å². The minimum atomic E-state index is -0.498. The van der Waals surface area contributed by atoms with E-state index in [0.29, 0.717) is 17.7 Å². The van der Waals surface area contributed by atoms with Crippen molar-refractivity contribution in [1.82, 2.24) is 0 Å². The maximum atomic E-state index is 10.8. The number of benzene rings is 2. The minimum absolute atomic E-state index is 0.449. The third-order valence-corrected chi connectivity index (χ3v) is 3.84. The Kier molecular flexibility index (Phi) is 9.23. The number of alkyl halides is 1. The van der Waals surface area contributed by atoms with E-state index in [1.165, 1.54) is 0 Å². The van der Waals surface area contributed by atoms with Crippen LogP contribution in [-0.4, -0.2) is 15.9 Å². The Bertz CT molecular complexity index is 689. The van der Waals surface area contributed by atoms with Crippen LogP contribution in [0.5, 0.6) is 0 Å². The van der Waals surface area contributed by atoms with Crippen molar-refractivity contribution in [2.24, 2.45) is 10.2 Å². The average Bonchev–Trinajstić information content (AvgIpc) is 2.61. The fourth-order valence-corrected chi connectivity index (χ4v) is 1.71. The summed E-state index contributed by atoms with van der Waals surface area (Å²) < 4.78 is 0. The molecule has 0 bridgehead atoms.